The Hall–Kier alpha value is -3.87. The van der Waals surface area contributed by atoms with Crippen LogP contribution in [0.1, 0.15) is 22.8 Å². The van der Waals surface area contributed by atoms with E-state index in [1.165, 1.54) is 0 Å². The Kier molecular flexibility index (Phi) is 6.42. The van der Waals surface area contributed by atoms with E-state index in [0.29, 0.717) is 0 Å². The first-order chi connectivity index (χ1) is 14.1. The number of ether oxygens (including phenoxy) is 4. The van der Waals surface area contributed by atoms with E-state index in [4.69, 9.17) is 18.9 Å². The van der Waals surface area contributed by atoms with Crippen molar-refractivity contribution in [3.05, 3.63) is 95.1 Å². The Morgan fingerprint density at radius 3 is 2.28 bits per heavy atom. The zero-order valence-electron chi connectivity index (χ0n) is 15.6. The summed E-state index contributed by atoms with van der Waals surface area (Å²) in [7, 11) is 0. The monoisotopic (exact) mass is 394 g/mol. The molecule has 0 radical (unpaired) electrons. The third kappa shape index (κ3) is 5.10. The molecule has 0 spiro atoms. The fraction of sp³-hybridized carbons (Fsp3) is 0.136. The lowest BCUT2D eigenvalue weighted by Crippen LogP contribution is -2.11. The number of carbonyl (C=O) groups excluding carboxylic acids is 3. The van der Waals surface area contributed by atoms with Gasteiger partial charge in [0.25, 0.3) is 5.76 Å². The lowest BCUT2D eigenvalue weighted by Gasteiger charge is -2.09. The fourth-order valence-electron chi connectivity index (χ4n) is 2.46. The summed E-state index contributed by atoms with van der Waals surface area (Å²) in [6, 6.07) is 17.3. The molecule has 0 saturated heterocycles. The van der Waals surface area contributed by atoms with Crippen LogP contribution in [0.5, 0.6) is 0 Å². The molecule has 2 aromatic carbocycles. The largest absolute Gasteiger partial charge is 0.481 e. The number of hydrogen-bond acceptors (Lipinski definition) is 7. The molecule has 0 aliphatic carbocycles. The van der Waals surface area contributed by atoms with Gasteiger partial charge in [-0.1, -0.05) is 48.5 Å². The van der Waals surface area contributed by atoms with Crippen LogP contribution in [-0.4, -0.2) is 24.5 Å². The van der Waals surface area contributed by atoms with Crippen LogP contribution in [0.2, 0.25) is 0 Å². The number of carbonyl (C=O) groups is 3. The van der Waals surface area contributed by atoms with Crippen molar-refractivity contribution in [1.29, 1.82) is 0 Å². The maximum absolute atomic E-state index is 12.4. The topological polar surface area (TPSA) is 88.1 Å². The minimum atomic E-state index is -0.937. The van der Waals surface area contributed by atoms with Gasteiger partial charge in [-0.2, -0.15) is 0 Å². The molecule has 0 saturated carbocycles. The van der Waals surface area contributed by atoms with E-state index in [2.05, 4.69) is 0 Å². The highest BCUT2D eigenvalue weighted by molar-refractivity contribution is 5.99. The highest BCUT2D eigenvalue weighted by atomic mass is 16.6. The quantitative estimate of drug-likeness (QED) is 0.405. The minimum absolute atomic E-state index is 0.0688. The average molecular weight is 394 g/mol. The average Bonchev–Trinajstić information content (AvgIpc) is 3.02. The lowest BCUT2D eigenvalue weighted by atomic mass is 10.2. The van der Waals surface area contributed by atoms with E-state index in [9.17, 15) is 14.4 Å². The molecule has 7 nitrogen and oxygen atoms in total. The van der Waals surface area contributed by atoms with Crippen molar-refractivity contribution in [1.82, 2.24) is 0 Å². The minimum Gasteiger partial charge on any atom is -0.481 e. The summed E-state index contributed by atoms with van der Waals surface area (Å²) < 4.78 is 20.8. The van der Waals surface area contributed by atoms with Gasteiger partial charge in [-0.05, 0) is 24.6 Å². The molecule has 0 fully saturated rings. The summed E-state index contributed by atoms with van der Waals surface area (Å²) in [6.07, 6.45) is 0.977. The second-order valence-electron chi connectivity index (χ2n) is 5.84. The fourth-order valence-corrected chi connectivity index (χ4v) is 2.46. The van der Waals surface area contributed by atoms with E-state index in [1.807, 2.05) is 30.3 Å². The van der Waals surface area contributed by atoms with Gasteiger partial charge >= 0.3 is 17.9 Å². The molecule has 29 heavy (non-hydrogen) atoms. The first kappa shape index (κ1) is 19.9. The Morgan fingerprint density at radius 2 is 1.62 bits per heavy atom. The van der Waals surface area contributed by atoms with Gasteiger partial charge in [0, 0.05) is 0 Å². The maximum Gasteiger partial charge on any atom is 0.384 e. The van der Waals surface area contributed by atoms with Crippen molar-refractivity contribution in [2.24, 2.45) is 0 Å². The van der Waals surface area contributed by atoms with Gasteiger partial charge < -0.3 is 18.9 Å². The van der Waals surface area contributed by atoms with Gasteiger partial charge in [0.2, 0.25) is 5.76 Å². The molecule has 0 unspecified atom stereocenters. The normalized spacial score (nSPS) is 14.5. The van der Waals surface area contributed by atoms with Crippen LogP contribution >= 0.6 is 0 Å². The van der Waals surface area contributed by atoms with Crippen molar-refractivity contribution in [3.63, 3.8) is 0 Å². The van der Waals surface area contributed by atoms with Gasteiger partial charge in [0.05, 0.1) is 18.2 Å². The number of esters is 3. The number of cyclic esters (lactones) is 1. The third-order valence-corrected chi connectivity index (χ3v) is 3.78. The summed E-state index contributed by atoms with van der Waals surface area (Å²) in [4.78, 5) is 36.4. The Bertz CT molecular complexity index is 959. The number of hydrogen-bond donors (Lipinski definition) is 0. The number of benzene rings is 2. The van der Waals surface area contributed by atoms with E-state index in [1.54, 1.807) is 37.3 Å². The molecule has 0 atom stereocenters. The summed E-state index contributed by atoms with van der Waals surface area (Å²) in [5.74, 6) is -3.16. The van der Waals surface area contributed by atoms with Crippen LogP contribution in [0.4, 0.5) is 0 Å². The first-order valence-corrected chi connectivity index (χ1v) is 8.87. The molecular formula is C22H18O7. The van der Waals surface area contributed by atoms with Crippen molar-refractivity contribution in [3.8, 4) is 0 Å². The summed E-state index contributed by atoms with van der Waals surface area (Å²) in [5, 5.41) is 0. The molecule has 7 heteroatoms. The van der Waals surface area contributed by atoms with Crippen LogP contribution in [0.15, 0.2) is 84.0 Å². The van der Waals surface area contributed by atoms with Crippen LogP contribution in [0.25, 0.3) is 0 Å². The van der Waals surface area contributed by atoms with Crippen molar-refractivity contribution >= 4 is 17.9 Å². The van der Waals surface area contributed by atoms with E-state index >= 15 is 0 Å². The summed E-state index contributed by atoms with van der Waals surface area (Å²) in [6.45, 7) is 1.86. The van der Waals surface area contributed by atoms with E-state index in [-0.39, 0.29) is 30.3 Å². The second kappa shape index (κ2) is 9.36. The second-order valence-corrected chi connectivity index (χ2v) is 5.84. The van der Waals surface area contributed by atoms with Gasteiger partial charge in [-0.25, -0.2) is 14.4 Å². The predicted octanol–water partition coefficient (Wildman–Crippen LogP) is 3.28. The molecule has 0 N–H and O–H groups in total. The third-order valence-electron chi connectivity index (χ3n) is 3.78. The Labute approximate surface area is 167 Å². The molecule has 3 rings (SSSR count). The predicted molar refractivity (Wildman–Crippen MR) is 101 cm³/mol. The summed E-state index contributed by atoms with van der Waals surface area (Å²) >= 11 is 0. The SMILES string of the molecule is CCOC(=O)/C=C1\OC(=O)C(OC(=O)c2ccccc2)=C1OCc1ccccc1. The Balaban J connectivity index is 1.89. The standard InChI is InChI=1S/C22H18O7/c1-2-26-18(23)13-17-19(27-14-15-9-5-3-6-10-15)20(22(25)28-17)29-21(24)16-11-7-4-8-12-16/h3-13H,2,14H2,1H3/b17-13-. The van der Waals surface area contributed by atoms with Gasteiger partial charge in [-0.15, -0.1) is 0 Å². The smallest absolute Gasteiger partial charge is 0.384 e. The highest BCUT2D eigenvalue weighted by Gasteiger charge is 2.36. The van der Waals surface area contributed by atoms with Crippen LogP contribution in [0, 0.1) is 0 Å². The van der Waals surface area contributed by atoms with Gasteiger partial charge in [0.1, 0.15) is 6.61 Å². The number of rotatable bonds is 7. The first-order valence-electron chi connectivity index (χ1n) is 8.87. The molecule has 0 bridgehead atoms. The molecule has 148 valence electrons. The lowest BCUT2D eigenvalue weighted by molar-refractivity contribution is -0.138. The molecule has 1 heterocycles. The molecular weight excluding hydrogens is 376 g/mol. The molecule has 0 amide bonds. The van der Waals surface area contributed by atoms with Crippen LogP contribution < -0.4 is 0 Å². The summed E-state index contributed by atoms with van der Waals surface area (Å²) in [5.41, 5.74) is 1.06. The van der Waals surface area contributed by atoms with Gasteiger partial charge in [-0.3, -0.25) is 0 Å². The van der Waals surface area contributed by atoms with Crippen molar-refractivity contribution in [2.75, 3.05) is 6.61 Å². The molecule has 2 aromatic rings. The highest BCUT2D eigenvalue weighted by Crippen LogP contribution is 2.30. The van der Waals surface area contributed by atoms with Crippen LogP contribution in [-0.2, 0) is 35.1 Å². The molecule has 0 aromatic heterocycles. The zero-order valence-corrected chi connectivity index (χ0v) is 15.6. The Morgan fingerprint density at radius 1 is 0.966 bits per heavy atom. The van der Waals surface area contributed by atoms with E-state index < -0.39 is 23.7 Å². The van der Waals surface area contributed by atoms with Crippen molar-refractivity contribution in [2.45, 2.75) is 13.5 Å². The maximum atomic E-state index is 12.4. The van der Waals surface area contributed by atoms with E-state index in [0.717, 1.165) is 11.6 Å². The zero-order chi connectivity index (χ0) is 20.6. The van der Waals surface area contributed by atoms with Gasteiger partial charge in [0.15, 0.2) is 5.76 Å². The van der Waals surface area contributed by atoms with Crippen molar-refractivity contribution < 1.29 is 33.3 Å². The molecule has 1 aliphatic heterocycles. The van der Waals surface area contributed by atoms with Crippen LogP contribution in [0.3, 0.4) is 0 Å². The molecule has 1 aliphatic rings.